The molecular formula is C18H23N2O3+. The maximum Gasteiger partial charge on any atom is 0.229 e. The second-order valence-electron chi connectivity index (χ2n) is 5.67. The number of rotatable bonds is 7. The monoisotopic (exact) mass is 315 g/mol. The molecule has 0 fully saturated rings. The van der Waals surface area contributed by atoms with Crippen molar-refractivity contribution in [2.45, 2.75) is 33.9 Å². The molecule has 0 saturated heterocycles. The van der Waals surface area contributed by atoms with Crippen LogP contribution in [0.4, 0.5) is 0 Å². The van der Waals surface area contributed by atoms with Crippen LogP contribution in [-0.2, 0) is 17.8 Å². The molecule has 0 bridgehead atoms. The Morgan fingerprint density at radius 2 is 2.04 bits per heavy atom. The van der Waals surface area contributed by atoms with E-state index in [0.717, 1.165) is 23.5 Å². The molecule has 0 N–H and O–H groups in total. The molecule has 2 rings (SSSR count). The van der Waals surface area contributed by atoms with Crippen molar-refractivity contribution in [1.82, 2.24) is 4.57 Å². The molecule has 0 amide bonds. The van der Waals surface area contributed by atoms with Gasteiger partial charge in [-0.1, -0.05) is 0 Å². The van der Waals surface area contributed by atoms with Crippen molar-refractivity contribution in [2.75, 3.05) is 13.7 Å². The minimum absolute atomic E-state index is 0.00968. The highest BCUT2D eigenvalue weighted by atomic mass is 16.5. The third kappa shape index (κ3) is 3.93. The smallest absolute Gasteiger partial charge is 0.229 e. The molecule has 0 spiro atoms. The van der Waals surface area contributed by atoms with Crippen LogP contribution in [0.2, 0.25) is 0 Å². The summed E-state index contributed by atoms with van der Waals surface area (Å²) in [5, 5.41) is 0. The summed E-state index contributed by atoms with van der Waals surface area (Å²) in [4.78, 5) is 24.0. The van der Waals surface area contributed by atoms with Crippen LogP contribution in [0, 0.1) is 13.8 Å². The third-order valence-electron chi connectivity index (χ3n) is 3.98. The molecule has 23 heavy (non-hydrogen) atoms. The van der Waals surface area contributed by atoms with E-state index in [-0.39, 0.29) is 18.1 Å². The molecule has 0 radical (unpaired) electrons. The zero-order valence-electron chi connectivity index (χ0n) is 14.1. The number of aromatic nitrogens is 2. The van der Waals surface area contributed by atoms with E-state index in [1.807, 2.05) is 19.9 Å². The Labute approximate surface area is 136 Å². The zero-order chi connectivity index (χ0) is 17.0. The summed E-state index contributed by atoms with van der Waals surface area (Å²) >= 11 is 0. The number of hydrogen-bond acceptors (Lipinski definition) is 3. The molecule has 2 heterocycles. The van der Waals surface area contributed by atoms with Crippen molar-refractivity contribution in [2.24, 2.45) is 0 Å². The fraction of sp³-hybridized carbons (Fsp3) is 0.389. The number of methoxy groups -OCH3 is 1. The lowest BCUT2D eigenvalue weighted by molar-refractivity contribution is -0.683. The van der Waals surface area contributed by atoms with Gasteiger partial charge in [0.05, 0.1) is 12.2 Å². The Balaban J connectivity index is 2.21. The number of carbonyl (C=O) groups excluding carboxylic acids is 2. The first kappa shape index (κ1) is 17.1. The lowest BCUT2D eigenvalue weighted by atomic mass is 10.1. The summed E-state index contributed by atoms with van der Waals surface area (Å²) < 4.78 is 8.96. The van der Waals surface area contributed by atoms with Gasteiger partial charge in [-0.3, -0.25) is 9.59 Å². The summed E-state index contributed by atoms with van der Waals surface area (Å²) in [7, 11) is 1.67. The number of Topliss-reactive ketones (excluding diaryl/α,β-unsaturated/α-hetero) is 2. The van der Waals surface area contributed by atoms with E-state index in [9.17, 15) is 9.59 Å². The Hall–Kier alpha value is -2.27. The van der Waals surface area contributed by atoms with Crippen LogP contribution >= 0.6 is 0 Å². The summed E-state index contributed by atoms with van der Waals surface area (Å²) in [6.07, 6.45) is 3.51. The molecule has 0 atom stereocenters. The van der Waals surface area contributed by atoms with Crippen LogP contribution in [0.1, 0.15) is 39.0 Å². The minimum Gasteiger partial charge on any atom is -0.383 e. The molecule has 122 valence electrons. The highest BCUT2D eigenvalue weighted by Crippen LogP contribution is 2.15. The predicted molar refractivity (Wildman–Crippen MR) is 86.8 cm³/mol. The number of hydrogen-bond donors (Lipinski definition) is 0. The van der Waals surface area contributed by atoms with Gasteiger partial charge in [0.15, 0.2) is 18.2 Å². The number of aryl methyl sites for hydroxylation is 1. The van der Waals surface area contributed by atoms with Crippen LogP contribution in [0.25, 0.3) is 0 Å². The van der Waals surface area contributed by atoms with Gasteiger partial charge in [0.1, 0.15) is 0 Å². The molecule has 0 aliphatic heterocycles. The van der Waals surface area contributed by atoms with Gasteiger partial charge in [-0.05, 0) is 32.9 Å². The second-order valence-corrected chi connectivity index (χ2v) is 5.67. The third-order valence-corrected chi connectivity index (χ3v) is 3.98. The largest absolute Gasteiger partial charge is 0.383 e. The summed E-state index contributed by atoms with van der Waals surface area (Å²) in [6, 6.07) is 5.45. The van der Waals surface area contributed by atoms with Gasteiger partial charge in [0.2, 0.25) is 12.3 Å². The Morgan fingerprint density at radius 3 is 2.70 bits per heavy atom. The zero-order valence-corrected chi connectivity index (χ0v) is 14.1. The van der Waals surface area contributed by atoms with Gasteiger partial charge in [0, 0.05) is 36.7 Å². The lowest BCUT2D eigenvalue weighted by Gasteiger charge is -2.08. The van der Waals surface area contributed by atoms with Gasteiger partial charge in [-0.2, -0.15) is 4.57 Å². The fourth-order valence-electron chi connectivity index (χ4n) is 2.69. The van der Waals surface area contributed by atoms with Crippen LogP contribution in [0.5, 0.6) is 0 Å². The fourth-order valence-corrected chi connectivity index (χ4v) is 2.69. The lowest BCUT2D eigenvalue weighted by Crippen LogP contribution is -2.38. The second kappa shape index (κ2) is 7.33. The van der Waals surface area contributed by atoms with Crippen LogP contribution in [-0.4, -0.2) is 29.9 Å². The molecule has 0 aromatic carbocycles. The molecule has 5 nitrogen and oxygen atoms in total. The number of ether oxygens (including phenoxy) is 1. The Morgan fingerprint density at radius 1 is 1.30 bits per heavy atom. The van der Waals surface area contributed by atoms with E-state index in [1.54, 1.807) is 36.2 Å². The molecule has 0 saturated carbocycles. The molecule has 0 aliphatic carbocycles. The Bertz CT molecular complexity index is 732. The van der Waals surface area contributed by atoms with Gasteiger partial charge in [0.25, 0.3) is 0 Å². The molecule has 2 aromatic heterocycles. The number of nitrogens with zero attached hydrogens (tertiary/aromatic N) is 2. The normalized spacial score (nSPS) is 10.8. The van der Waals surface area contributed by atoms with E-state index >= 15 is 0 Å². The Kier molecular flexibility index (Phi) is 5.45. The number of pyridine rings is 1. The number of carbonyl (C=O) groups is 2. The predicted octanol–water partition coefficient (Wildman–Crippen LogP) is 2.12. The maximum absolute atomic E-state index is 12.6. The van der Waals surface area contributed by atoms with Crippen molar-refractivity contribution in [3.05, 3.63) is 53.1 Å². The highest BCUT2D eigenvalue weighted by Gasteiger charge is 2.19. The van der Waals surface area contributed by atoms with Crippen LogP contribution in [0.15, 0.2) is 30.6 Å². The van der Waals surface area contributed by atoms with E-state index in [2.05, 4.69) is 4.57 Å². The van der Waals surface area contributed by atoms with Crippen molar-refractivity contribution >= 4 is 11.6 Å². The maximum atomic E-state index is 12.6. The standard InChI is InChI=1S/C18H23N2O3/c1-13-10-17(14(2)20(13)8-9-23-4)18(22)12-19-7-5-6-16(11-19)15(3)21/h5-7,10-11H,8-9,12H2,1-4H3/q+1. The van der Waals surface area contributed by atoms with E-state index in [0.29, 0.717) is 12.2 Å². The average molecular weight is 315 g/mol. The highest BCUT2D eigenvalue weighted by molar-refractivity contribution is 5.96. The van der Waals surface area contributed by atoms with Crippen molar-refractivity contribution in [3.8, 4) is 0 Å². The summed E-state index contributed by atoms with van der Waals surface area (Å²) in [5.74, 6) is 0.0250. The van der Waals surface area contributed by atoms with Crippen LogP contribution < -0.4 is 4.57 Å². The van der Waals surface area contributed by atoms with E-state index in [4.69, 9.17) is 4.74 Å². The molecule has 5 heteroatoms. The van der Waals surface area contributed by atoms with Gasteiger partial charge < -0.3 is 9.30 Å². The topological polar surface area (TPSA) is 52.2 Å². The van der Waals surface area contributed by atoms with Crippen molar-refractivity contribution in [3.63, 3.8) is 0 Å². The van der Waals surface area contributed by atoms with Crippen molar-refractivity contribution in [1.29, 1.82) is 0 Å². The van der Waals surface area contributed by atoms with Crippen LogP contribution in [0.3, 0.4) is 0 Å². The van der Waals surface area contributed by atoms with E-state index < -0.39 is 0 Å². The van der Waals surface area contributed by atoms with Gasteiger partial charge in [-0.25, -0.2) is 0 Å². The van der Waals surface area contributed by atoms with E-state index in [1.165, 1.54) is 6.92 Å². The quantitative estimate of drug-likeness (QED) is 0.581. The summed E-state index contributed by atoms with van der Waals surface area (Å²) in [6.45, 7) is 7.02. The van der Waals surface area contributed by atoms with Crippen molar-refractivity contribution < 1.29 is 18.9 Å². The minimum atomic E-state index is -0.00968. The number of ketones is 2. The average Bonchev–Trinajstić information content (AvgIpc) is 2.80. The first-order valence-corrected chi connectivity index (χ1v) is 7.63. The first-order valence-electron chi connectivity index (χ1n) is 7.63. The van der Waals surface area contributed by atoms with Gasteiger partial charge in [-0.15, -0.1) is 0 Å². The van der Waals surface area contributed by atoms with Gasteiger partial charge >= 0.3 is 0 Å². The first-order chi connectivity index (χ1) is 10.9. The molecule has 0 aliphatic rings. The summed E-state index contributed by atoms with van der Waals surface area (Å²) in [5.41, 5.74) is 3.32. The SMILES string of the molecule is COCCn1c(C)cc(C(=O)C[n+]2cccc(C(C)=O)c2)c1C. The molecule has 0 unspecified atom stereocenters. The molecular weight excluding hydrogens is 292 g/mol. The molecule has 2 aromatic rings.